The number of piperidine rings is 2. The highest BCUT2D eigenvalue weighted by Gasteiger charge is 2.43. The van der Waals surface area contributed by atoms with Gasteiger partial charge in [-0.1, -0.05) is 0 Å². The Morgan fingerprint density at radius 3 is 2.56 bits per heavy atom. The molecule has 0 radical (unpaired) electrons. The fourth-order valence-corrected chi connectivity index (χ4v) is 4.01. The Labute approximate surface area is 158 Å². The molecule has 0 aliphatic carbocycles. The molecule has 1 aromatic rings. The van der Waals surface area contributed by atoms with Crippen LogP contribution in [0.25, 0.3) is 0 Å². The number of ether oxygens (including phenoxy) is 1. The Morgan fingerprint density at radius 1 is 1.26 bits per heavy atom. The van der Waals surface area contributed by atoms with Gasteiger partial charge in [0.25, 0.3) is 0 Å². The van der Waals surface area contributed by atoms with Crippen LogP contribution >= 0.6 is 0 Å². The smallest absolute Gasteiger partial charge is 0.326 e. The van der Waals surface area contributed by atoms with E-state index in [1.54, 1.807) is 24.0 Å². The van der Waals surface area contributed by atoms with Gasteiger partial charge < -0.3 is 14.7 Å². The SMILES string of the molecule is C[C@H](C(=O)O)N1CC2(CCC1=O)CCN(CCOc1ccc(F)cc1)CC2. The van der Waals surface area contributed by atoms with Gasteiger partial charge in [0.2, 0.25) is 5.91 Å². The predicted molar refractivity (Wildman–Crippen MR) is 98.0 cm³/mol. The lowest BCUT2D eigenvalue weighted by molar-refractivity contribution is -0.155. The Bertz CT molecular complexity index is 671. The molecule has 1 N–H and O–H groups in total. The van der Waals surface area contributed by atoms with Crippen LogP contribution in [0.2, 0.25) is 0 Å². The van der Waals surface area contributed by atoms with Crippen LogP contribution < -0.4 is 4.74 Å². The third-order valence-electron chi connectivity index (χ3n) is 5.93. The molecule has 0 bridgehead atoms. The fourth-order valence-electron chi connectivity index (χ4n) is 4.01. The minimum absolute atomic E-state index is 0.0337. The van der Waals surface area contributed by atoms with Crippen molar-refractivity contribution in [3.8, 4) is 5.75 Å². The molecular weight excluding hydrogens is 351 g/mol. The van der Waals surface area contributed by atoms with Crippen molar-refractivity contribution in [1.29, 1.82) is 0 Å². The molecule has 3 rings (SSSR count). The number of aliphatic carboxylic acids is 1. The van der Waals surface area contributed by atoms with Crippen LogP contribution in [0, 0.1) is 11.2 Å². The van der Waals surface area contributed by atoms with E-state index in [9.17, 15) is 19.1 Å². The van der Waals surface area contributed by atoms with Crippen LogP contribution in [0.4, 0.5) is 4.39 Å². The van der Waals surface area contributed by atoms with E-state index in [0.717, 1.165) is 38.9 Å². The van der Waals surface area contributed by atoms with Gasteiger partial charge in [-0.2, -0.15) is 0 Å². The van der Waals surface area contributed by atoms with Crippen molar-refractivity contribution in [3.63, 3.8) is 0 Å². The molecule has 2 saturated heterocycles. The molecule has 0 saturated carbocycles. The molecule has 0 aromatic heterocycles. The number of carboxylic acids is 1. The lowest BCUT2D eigenvalue weighted by atomic mass is 9.72. The quantitative estimate of drug-likeness (QED) is 0.823. The van der Waals surface area contributed by atoms with Gasteiger partial charge in [0.1, 0.15) is 24.2 Å². The van der Waals surface area contributed by atoms with Gasteiger partial charge >= 0.3 is 5.97 Å². The first-order chi connectivity index (χ1) is 12.9. The molecule has 6 nitrogen and oxygen atoms in total. The molecular formula is C20H27FN2O4. The zero-order valence-corrected chi connectivity index (χ0v) is 15.7. The highest BCUT2D eigenvalue weighted by molar-refractivity contribution is 5.84. The number of hydrogen-bond donors (Lipinski definition) is 1. The van der Waals surface area contributed by atoms with E-state index in [1.165, 1.54) is 12.1 Å². The van der Waals surface area contributed by atoms with Crippen molar-refractivity contribution in [2.45, 2.75) is 38.6 Å². The van der Waals surface area contributed by atoms with Gasteiger partial charge in [-0.25, -0.2) is 9.18 Å². The Kier molecular flexibility index (Phi) is 5.99. The first-order valence-corrected chi connectivity index (χ1v) is 9.52. The minimum Gasteiger partial charge on any atom is -0.492 e. The van der Waals surface area contributed by atoms with Gasteiger partial charge in [-0.05, 0) is 69.0 Å². The van der Waals surface area contributed by atoms with Crippen LogP contribution in [0.5, 0.6) is 5.75 Å². The summed E-state index contributed by atoms with van der Waals surface area (Å²) in [5.74, 6) is -0.615. The highest BCUT2D eigenvalue weighted by atomic mass is 19.1. The summed E-state index contributed by atoms with van der Waals surface area (Å²) in [6.07, 6.45) is 3.19. The van der Waals surface area contributed by atoms with Crippen molar-refractivity contribution < 1.29 is 23.8 Å². The predicted octanol–water partition coefficient (Wildman–Crippen LogP) is 2.38. The summed E-state index contributed by atoms with van der Waals surface area (Å²) in [6, 6.07) is 5.25. The first-order valence-electron chi connectivity index (χ1n) is 9.52. The van der Waals surface area contributed by atoms with Crippen molar-refractivity contribution in [2.24, 2.45) is 5.41 Å². The highest BCUT2D eigenvalue weighted by Crippen LogP contribution is 2.40. The maximum atomic E-state index is 12.9. The Morgan fingerprint density at radius 2 is 1.93 bits per heavy atom. The van der Waals surface area contributed by atoms with E-state index in [-0.39, 0.29) is 17.1 Å². The van der Waals surface area contributed by atoms with Crippen molar-refractivity contribution in [1.82, 2.24) is 9.80 Å². The average molecular weight is 378 g/mol. The number of likely N-dealkylation sites (tertiary alicyclic amines) is 2. The molecule has 1 aromatic carbocycles. The number of rotatable bonds is 6. The summed E-state index contributed by atoms with van der Waals surface area (Å²) in [4.78, 5) is 27.3. The molecule has 1 amide bonds. The van der Waals surface area contributed by atoms with E-state index >= 15 is 0 Å². The fraction of sp³-hybridized carbons (Fsp3) is 0.600. The number of hydrogen-bond acceptors (Lipinski definition) is 4. The maximum Gasteiger partial charge on any atom is 0.326 e. The number of carbonyl (C=O) groups is 2. The number of carbonyl (C=O) groups excluding carboxylic acids is 1. The number of halogens is 1. The molecule has 1 spiro atoms. The van der Waals surface area contributed by atoms with Gasteiger partial charge in [0.05, 0.1) is 0 Å². The van der Waals surface area contributed by atoms with E-state index in [0.29, 0.717) is 25.3 Å². The number of carboxylic acid groups (broad SMARTS) is 1. The zero-order valence-electron chi connectivity index (χ0n) is 15.7. The molecule has 2 aliphatic heterocycles. The molecule has 2 aliphatic rings. The van der Waals surface area contributed by atoms with E-state index in [1.807, 2.05) is 0 Å². The lowest BCUT2D eigenvalue weighted by Gasteiger charge is -2.48. The van der Waals surface area contributed by atoms with Crippen molar-refractivity contribution in [2.75, 3.05) is 32.8 Å². The zero-order chi connectivity index (χ0) is 19.4. The summed E-state index contributed by atoms with van der Waals surface area (Å²) >= 11 is 0. The normalized spacial score (nSPS) is 21.3. The number of amides is 1. The third kappa shape index (κ3) is 4.77. The number of nitrogens with zero attached hydrogens (tertiary/aromatic N) is 2. The summed E-state index contributed by atoms with van der Waals surface area (Å²) in [6.45, 7) is 5.29. The first kappa shape index (κ1) is 19.6. The molecule has 2 heterocycles. The van der Waals surface area contributed by atoms with Crippen LogP contribution in [0.3, 0.4) is 0 Å². The molecule has 0 unspecified atom stereocenters. The van der Waals surface area contributed by atoms with Crippen LogP contribution in [-0.2, 0) is 9.59 Å². The summed E-state index contributed by atoms with van der Waals surface area (Å²) in [7, 11) is 0. The average Bonchev–Trinajstić information content (AvgIpc) is 2.66. The molecule has 1 atom stereocenters. The van der Waals surface area contributed by atoms with Crippen LogP contribution in [0.1, 0.15) is 32.6 Å². The van der Waals surface area contributed by atoms with Gasteiger partial charge in [-0.3, -0.25) is 9.69 Å². The van der Waals surface area contributed by atoms with Gasteiger partial charge in [0.15, 0.2) is 0 Å². The van der Waals surface area contributed by atoms with Crippen molar-refractivity contribution >= 4 is 11.9 Å². The van der Waals surface area contributed by atoms with Crippen molar-refractivity contribution in [3.05, 3.63) is 30.1 Å². The van der Waals surface area contributed by atoms with Crippen LogP contribution in [0.15, 0.2) is 24.3 Å². The second kappa shape index (κ2) is 8.25. The van der Waals surface area contributed by atoms with E-state index in [2.05, 4.69) is 4.90 Å². The number of benzene rings is 1. The molecule has 2 fully saturated rings. The van der Waals surface area contributed by atoms with E-state index in [4.69, 9.17) is 4.74 Å². The molecule has 7 heteroatoms. The summed E-state index contributed by atoms with van der Waals surface area (Å²) < 4.78 is 18.6. The molecule has 27 heavy (non-hydrogen) atoms. The minimum atomic E-state index is -0.948. The van der Waals surface area contributed by atoms with E-state index < -0.39 is 12.0 Å². The topological polar surface area (TPSA) is 70.1 Å². The third-order valence-corrected chi connectivity index (χ3v) is 5.93. The lowest BCUT2D eigenvalue weighted by Crippen LogP contribution is -2.55. The van der Waals surface area contributed by atoms with Gasteiger partial charge in [-0.15, -0.1) is 0 Å². The molecule has 148 valence electrons. The monoisotopic (exact) mass is 378 g/mol. The largest absolute Gasteiger partial charge is 0.492 e. The van der Waals surface area contributed by atoms with Gasteiger partial charge in [0, 0.05) is 19.5 Å². The summed E-state index contributed by atoms with van der Waals surface area (Å²) in [5.41, 5.74) is 0.0337. The summed E-state index contributed by atoms with van der Waals surface area (Å²) in [5, 5.41) is 9.25. The Balaban J connectivity index is 1.47. The van der Waals surface area contributed by atoms with Crippen LogP contribution in [-0.4, -0.2) is 65.6 Å². The Hall–Kier alpha value is -2.15. The second-order valence-corrected chi connectivity index (χ2v) is 7.68. The second-order valence-electron chi connectivity index (χ2n) is 7.68. The standard InChI is InChI=1S/C20H27FN2O4/c1-15(19(25)26)23-14-20(7-6-18(23)24)8-10-22(11-9-20)12-13-27-17-4-2-16(21)3-5-17/h2-5,15H,6-14H2,1H3,(H,25,26)/t15-/m1/s1. The maximum absolute atomic E-state index is 12.9.